The Hall–Kier alpha value is -3.43. The molecule has 2 aromatic carbocycles. The number of carbonyl (C=O) groups is 2. The molecule has 1 atom stereocenters. The Morgan fingerprint density at radius 3 is 2.41 bits per heavy atom. The molecular weight excluding hydrogens is 369 g/mol. The van der Waals surface area contributed by atoms with Gasteiger partial charge in [0, 0.05) is 18.6 Å². The van der Waals surface area contributed by atoms with Gasteiger partial charge in [0.15, 0.2) is 0 Å². The lowest BCUT2D eigenvalue weighted by Gasteiger charge is -2.15. The molecule has 0 radical (unpaired) electrons. The minimum atomic E-state index is -1.48. The van der Waals surface area contributed by atoms with Gasteiger partial charge in [0.25, 0.3) is 0 Å². The first-order valence-corrected chi connectivity index (χ1v) is 7.56. The van der Waals surface area contributed by atoms with Gasteiger partial charge >= 0.3 is 11.7 Å². The molecule has 1 amide bonds. The number of hydrogen-bond donors (Lipinski definition) is 2. The van der Waals surface area contributed by atoms with Crippen molar-refractivity contribution in [2.45, 2.75) is 18.9 Å². The summed E-state index contributed by atoms with van der Waals surface area (Å²) in [6.45, 7) is 0. The molecule has 0 aliphatic carbocycles. The molecule has 0 spiro atoms. The van der Waals surface area contributed by atoms with Crippen molar-refractivity contribution in [1.29, 1.82) is 0 Å². The number of nitro groups is 1. The highest BCUT2D eigenvalue weighted by molar-refractivity contribution is 5.85. The van der Waals surface area contributed by atoms with Crippen molar-refractivity contribution in [2.24, 2.45) is 0 Å². The second-order valence-corrected chi connectivity index (χ2v) is 5.62. The van der Waals surface area contributed by atoms with E-state index in [0.29, 0.717) is 6.07 Å². The van der Waals surface area contributed by atoms with Crippen LogP contribution in [0, 0.1) is 27.6 Å². The molecule has 0 saturated carbocycles. The van der Waals surface area contributed by atoms with Crippen LogP contribution in [0.4, 0.5) is 18.9 Å². The molecule has 0 unspecified atom stereocenters. The number of carbonyl (C=O) groups excluding carboxylic acids is 1. The second-order valence-electron chi connectivity index (χ2n) is 5.62. The lowest BCUT2D eigenvalue weighted by atomic mass is 10.0. The van der Waals surface area contributed by atoms with E-state index in [0.717, 1.165) is 30.3 Å². The maximum atomic E-state index is 13.6. The Balaban J connectivity index is 2.11. The number of amides is 1. The molecule has 0 fully saturated rings. The van der Waals surface area contributed by atoms with Crippen LogP contribution in [0.5, 0.6) is 0 Å². The topological polar surface area (TPSA) is 110 Å². The third-order valence-electron chi connectivity index (χ3n) is 3.65. The van der Waals surface area contributed by atoms with Gasteiger partial charge in [0.05, 0.1) is 11.3 Å². The van der Waals surface area contributed by atoms with E-state index in [-0.39, 0.29) is 17.5 Å². The van der Waals surface area contributed by atoms with Gasteiger partial charge in [0.2, 0.25) is 11.7 Å². The van der Waals surface area contributed by atoms with Gasteiger partial charge in [-0.25, -0.2) is 13.6 Å². The summed E-state index contributed by atoms with van der Waals surface area (Å²) in [5, 5.41) is 22.1. The fourth-order valence-electron chi connectivity index (χ4n) is 2.34. The molecule has 2 rings (SSSR count). The van der Waals surface area contributed by atoms with Crippen molar-refractivity contribution in [2.75, 3.05) is 0 Å². The van der Waals surface area contributed by atoms with Gasteiger partial charge in [0.1, 0.15) is 17.7 Å². The number of carboxylic acid groups (broad SMARTS) is 1. The van der Waals surface area contributed by atoms with Gasteiger partial charge in [-0.15, -0.1) is 0 Å². The molecule has 0 aliphatic rings. The van der Waals surface area contributed by atoms with E-state index in [2.05, 4.69) is 5.32 Å². The smallest absolute Gasteiger partial charge is 0.326 e. The minimum absolute atomic E-state index is 0.115. The van der Waals surface area contributed by atoms with E-state index in [1.807, 2.05) is 0 Å². The molecule has 2 N–H and O–H groups in total. The number of carboxylic acids is 1. The lowest BCUT2D eigenvalue weighted by molar-refractivity contribution is -0.387. The molecular formula is C17H13F3N2O5. The van der Waals surface area contributed by atoms with Crippen molar-refractivity contribution >= 4 is 17.6 Å². The maximum Gasteiger partial charge on any atom is 0.326 e. The summed E-state index contributed by atoms with van der Waals surface area (Å²) in [7, 11) is 0. The lowest BCUT2D eigenvalue weighted by Crippen LogP contribution is -2.43. The normalized spacial score (nSPS) is 11.7. The first-order valence-electron chi connectivity index (χ1n) is 7.56. The number of nitrogens with zero attached hydrogens (tertiary/aromatic N) is 1. The highest BCUT2D eigenvalue weighted by Crippen LogP contribution is 2.19. The molecule has 0 aliphatic heterocycles. The molecule has 10 heteroatoms. The van der Waals surface area contributed by atoms with Gasteiger partial charge in [-0.1, -0.05) is 12.1 Å². The molecule has 0 heterocycles. The summed E-state index contributed by atoms with van der Waals surface area (Å²) in [4.78, 5) is 33.1. The predicted molar refractivity (Wildman–Crippen MR) is 86.4 cm³/mol. The summed E-state index contributed by atoms with van der Waals surface area (Å²) in [5.41, 5.74) is -0.837. The highest BCUT2D eigenvalue weighted by Gasteiger charge is 2.23. The van der Waals surface area contributed by atoms with Crippen LogP contribution < -0.4 is 5.32 Å². The summed E-state index contributed by atoms with van der Waals surface area (Å²) < 4.78 is 39.8. The number of halogens is 3. The molecule has 142 valence electrons. The van der Waals surface area contributed by atoms with Crippen LogP contribution in [0.25, 0.3) is 0 Å². The zero-order valence-corrected chi connectivity index (χ0v) is 13.6. The number of nitrogens with one attached hydrogen (secondary N) is 1. The van der Waals surface area contributed by atoms with Gasteiger partial charge < -0.3 is 10.4 Å². The van der Waals surface area contributed by atoms with Crippen molar-refractivity contribution in [3.8, 4) is 0 Å². The minimum Gasteiger partial charge on any atom is -0.480 e. The fraction of sp³-hybridized carbons (Fsp3) is 0.176. The van der Waals surface area contributed by atoms with Gasteiger partial charge in [-0.05, 0) is 23.3 Å². The summed E-state index contributed by atoms with van der Waals surface area (Å²) in [6, 6.07) is 3.98. The standard InChI is InChI=1S/C17H13F3N2O5/c18-11-3-2-10(13(20)8-11)7-16(23)21-14(17(24)25)5-9-1-4-12(19)15(6-9)22(26)27/h1-4,6,8,14H,5,7H2,(H,21,23)(H,24,25)/t14-/m1/s1. The van der Waals surface area contributed by atoms with Crippen molar-refractivity contribution < 1.29 is 32.8 Å². The van der Waals surface area contributed by atoms with Crippen molar-refractivity contribution in [3.63, 3.8) is 0 Å². The summed E-state index contributed by atoms with van der Waals surface area (Å²) in [5.74, 6) is -5.13. The quantitative estimate of drug-likeness (QED) is 0.564. The zero-order chi connectivity index (χ0) is 20.1. The summed E-state index contributed by atoms with van der Waals surface area (Å²) >= 11 is 0. The van der Waals surface area contributed by atoms with E-state index in [1.54, 1.807) is 0 Å². The van der Waals surface area contributed by atoms with Crippen LogP contribution in [0.15, 0.2) is 36.4 Å². The van der Waals surface area contributed by atoms with E-state index in [9.17, 15) is 38.0 Å². The zero-order valence-electron chi connectivity index (χ0n) is 13.6. The first kappa shape index (κ1) is 19.9. The average molecular weight is 382 g/mol. The molecule has 7 nitrogen and oxygen atoms in total. The van der Waals surface area contributed by atoms with Crippen LogP contribution in [-0.2, 0) is 22.4 Å². The van der Waals surface area contributed by atoms with Crippen LogP contribution in [-0.4, -0.2) is 27.9 Å². The third kappa shape index (κ3) is 5.27. The van der Waals surface area contributed by atoms with Crippen LogP contribution >= 0.6 is 0 Å². The van der Waals surface area contributed by atoms with Gasteiger partial charge in [-0.3, -0.25) is 14.9 Å². The van der Waals surface area contributed by atoms with E-state index < -0.39 is 52.4 Å². The second kappa shape index (κ2) is 8.30. The molecule has 27 heavy (non-hydrogen) atoms. The molecule has 0 bridgehead atoms. The molecule has 2 aromatic rings. The molecule has 0 saturated heterocycles. The van der Waals surface area contributed by atoms with Crippen LogP contribution in [0.3, 0.4) is 0 Å². The largest absolute Gasteiger partial charge is 0.480 e. The number of nitro benzene ring substituents is 1. The van der Waals surface area contributed by atoms with E-state index in [4.69, 9.17) is 0 Å². The SMILES string of the molecule is O=C(Cc1ccc(F)cc1F)N[C@H](Cc1ccc(F)c([N+](=O)[O-])c1)C(=O)O. The first-order chi connectivity index (χ1) is 12.7. The Morgan fingerprint density at radius 2 is 1.81 bits per heavy atom. The molecule has 0 aromatic heterocycles. The van der Waals surface area contributed by atoms with Crippen molar-refractivity contribution in [3.05, 3.63) is 75.1 Å². The van der Waals surface area contributed by atoms with E-state index in [1.165, 1.54) is 0 Å². The van der Waals surface area contributed by atoms with Crippen molar-refractivity contribution in [1.82, 2.24) is 5.32 Å². The number of aliphatic carboxylic acids is 1. The average Bonchev–Trinajstić information content (AvgIpc) is 2.58. The predicted octanol–water partition coefficient (Wildman–Crippen LogP) is 2.37. The highest BCUT2D eigenvalue weighted by atomic mass is 19.1. The maximum absolute atomic E-state index is 13.6. The van der Waals surface area contributed by atoms with E-state index >= 15 is 0 Å². The summed E-state index contributed by atoms with van der Waals surface area (Å²) in [6.07, 6.45) is -0.881. The number of rotatable bonds is 7. The van der Waals surface area contributed by atoms with Gasteiger partial charge in [-0.2, -0.15) is 4.39 Å². The monoisotopic (exact) mass is 382 g/mol. The Kier molecular flexibility index (Phi) is 6.11. The van der Waals surface area contributed by atoms with Crippen LogP contribution in [0.2, 0.25) is 0 Å². The number of benzene rings is 2. The number of hydrogen-bond acceptors (Lipinski definition) is 4. The Morgan fingerprint density at radius 1 is 1.11 bits per heavy atom. The third-order valence-corrected chi connectivity index (χ3v) is 3.65. The Bertz CT molecular complexity index is 904. The van der Waals surface area contributed by atoms with Crippen LogP contribution in [0.1, 0.15) is 11.1 Å². The Labute approximate surface area is 150 Å². The fourth-order valence-corrected chi connectivity index (χ4v) is 2.34.